The largest absolute Gasteiger partial charge is 0.379 e. The standard InChI is InChI=1S/C22H27FN4O3/c1-26(10-11-27-12-14-30-15-13-27)22(29)25-19-8-6-17(7-9-19)21(28)24-16-18-4-2-3-5-20(18)23/h2-9H,10-16H2,1H3,(H,24,28)(H,25,29). The lowest BCUT2D eigenvalue weighted by atomic mass is 10.1. The van der Waals surface area contributed by atoms with Crippen LogP contribution in [0, 0.1) is 5.82 Å². The second kappa shape index (κ2) is 10.7. The van der Waals surface area contributed by atoms with Gasteiger partial charge in [-0.2, -0.15) is 0 Å². The lowest BCUT2D eigenvalue weighted by Gasteiger charge is -2.28. The van der Waals surface area contributed by atoms with Crippen LogP contribution in [0.4, 0.5) is 14.9 Å². The fourth-order valence-electron chi connectivity index (χ4n) is 3.06. The van der Waals surface area contributed by atoms with Gasteiger partial charge in [-0.1, -0.05) is 18.2 Å². The highest BCUT2D eigenvalue weighted by Crippen LogP contribution is 2.11. The van der Waals surface area contributed by atoms with Crippen molar-refractivity contribution >= 4 is 17.6 Å². The van der Waals surface area contributed by atoms with Gasteiger partial charge in [0.25, 0.3) is 5.91 Å². The van der Waals surface area contributed by atoms with Gasteiger partial charge in [0.05, 0.1) is 13.2 Å². The van der Waals surface area contributed by atoms with Crippen molar-refractivity contribution in [2.24, 2.45) is 0 Å². The van der Waals surface area contributed by atoms with Crippen molar-refractivity contribution in [3.63, 3.8) is 0 Å². The first-order valence-electron chi connectivity index (χ1n) is 9.97. The number of likely N-dealkylation sites (N-methyl/N-ethyl adjacent to an activating group) is 1. The van der Waals surface area contributed by atoms with Gasteiger partial charge >= 0.3 is 6.03 Å². The van der Waals surface area contributed by atoms with Crippen LogP contribution in [0.2, 0.25) is 0 Å². The number of rotatable bonds is 7. The topological polar surface area (TPSA) is 73.9 Å². The molecule has 0 aromatic heterocycles. The summed E-state index contributed by atoms with van der Waals surface area (Å²) < 4.78 is 19.0. The van der Waals surface area contributed by atoms with E-state index in [9.17, 15) is 14.0 Å². The predicted molar refractivity (Wildman–Crippen MR) is 113 cm³/mol. The molecular weight excluding hydrogens is 387 g/mol. The highest BCUT2D eigenvalue weighted by atomic mass is 19.1. The first-order valence-corrected chi connectivity index (χ1v) is 9.97. The number of nitrogens with one attached hydrogen (secondary N) is 2. The Kier molecular flexibility index (Phi) is 7.75. The van der Waals surface area contributed by atoms with E-state index in [0.717, 1.165) is 32.8 Å². The molecule has 1 heterocycles. The number of nitrogens with zero attached hydrogens (tertiary/aromatic N) is 2. The summed E-state index contributed by atoms with van der Waals surface area (Å²) in [7, 11) is 1.75. The van der Waals surface area contributed by atoms with Crippen molar-refractivity contribution in [1.82, 2.24) is 15.1 Å². The van der Waals surface area contributed by atoms with Gasteiger partial charge in [-0.05, 0) is 30.3 Å². The van der Waals surface area contributed by atoms with E-state index in [4.69, 9.17) is 4.74 Å². The van der Waals surface area contributed by atoms with E-state index < -0.39 is 0 Å². The van der Waals surface area contributed by atoms with Crippen LogP contribution in [0.5, 0.6) is 0 Å². The normalized spacial score (nSPS) is 14.2. The van der Waals surface area contributed by atoms with Crippen molar-refractivity contribution in [1.29, 1.82) is 0 Å². The molecule has 7 nitrogen and oxygen atoms in total. The van der Waals surface area contributed by atoms with Gasteiger partial charge in [0.2, 0.25) is 0 Å². The molecule has 0 radical (unpaired) electrons. The Bertz CT molecular complexity index is 854. The molecular formula is C22H27FN4O3. The van der Waals surface area contributed by atoms with Gasteiger partial charge < -0.3 is 20.3 Å². The van der Waals surface area contributed by atoms with Gasteiger partial charge in [0, 0.05) is 56.6 Å². The zero-order chi connectivity index (χ0) is 21.3. The Labute approximate surface area is 175 Å². The van der Waals surface area contributed by atoms with Crippen molar-refractivity contribution in [2.75, 3.05) is 51.8 Å². The molecule has 2 N–H and O–H groups in total. The van der Waals surface area contributed by atoms with Gasteiger partial charge in [0.15, 0.2) is 0 Å². The quantitative estimate of drug-likeness (QED) is 0.730. The molecule has 30 heavy (non-hydrogen) atoms. The number of carbonyl (C=O) groups excluding carboxylic acids is 2. The number of amides is 3. The van der Waals surface area contributed by atoms with Crippen LogP contribution >= 0.6 is 0 Å². The van der Waals surface area contributed by atoms with Crippen LogP contribution < -0.4 is 10.6 Å². The summed E-state index contributed by atoms with van der Waals surface area (Å²) in [5.74, 6) is -0.660. The van der Waals surface area contributed by atoms with Gasteiger partial charge in [-0.15, -0.1) is 0 Å². The minimum Gasteiger partial charge on any atom is -0.379 e. The maximum atomic E-state index is 13.6. The van der Waals surface area contributed by atoms with E-state index in [-0.39, 0.29) is 24.3 Å². The lowest BCUT2D eigenvalue weighted by molar-refractivity contribution is 0.0359. The molecule has 8 heteroatoms. The molecule has 2 aromatic rings. The summed E-state index contributed by atoms with van der Waals surface area (Å²) in [6.07, 6.45) is 0. The Balaban J connectivity index is 1.45. The van der Waals surface area contributed by atoms with Gasteiger partial charge in [-0.25, -0.2) is 9.18 Å². The molecule has 1 aliphatic rings. The summed E-state index contributed by atoms with van der Waals surface area (Å²) in [4.78, 5) is 28.5. The molecule has 1 aliphatic heterocycles. The van der Waals surface area contributed by atoms with E-state index in [2.05, 4.69) is 15.5 Å². The van der Waals surface area contributed by atoms with Crippen molar-refractivity contribution in [3.05, 3.63) is 65.5 Å². The Morgan fingerprint density at radius 2 is 1.80 bits per heavy atom. The van der Waals surface area contributed by atoms with E-state index >= 15 is 0 Å². The Morgan fingerprint density at radius 3 is 2.50 bits per heavy atom. The number of urea groups is 1. The number of morpholine rings is 1. The average molecular weight is 414 g/mol. The summed E-state index contributed by atoms with van der Waals surface area (Å²) in [6.45, 7) is 4.76. The van der Waals surface area contributed by atoms with Crippen molar-refractivity contribution < 1.29 is 18.7 Å². The smallest absolute Gasteiger partial charge is 0.321 e. The summed E-state index contributed by atoms with van der Waals surface area (Å²) in [5.41, 5.74) is 1.46. The van der Waals surface area contributed by atoms with Crippen LogP contribution in [0.1, 0.15) is 15.9 Å². The second-order valence-corrected chi connectivity index (χ2v) is 7.16. The van der Waals surface area contributed by atoms with Crippen molar-refractivity contribution in [3.8, 4) is 0 Å². The minimum absolute atomic E-state index is 0.109. The maximum Gasteiger partial charge on any atom is 0.321 e. The fraction of sp³-hybridized carbons (Fsp3) is 0.364. The molecule has 160 valence electrons. The molecule has 0 aliphatic carbocycles. The van der Waals surface area contributed by atoms with Crippen LogP contribution in [-0.4, -0.2) is 68.2 Å². The van der Waals surface area contributed by atoms with E-state index in [1.165, 1.54) is 6.07 Å². The van der Waals surface area contributed by atoms with Crippen LogP contribution in [-0.2, 0) is 11.3 Å². The number of anilines is 1. The van der Waals surface area contributed by atoms with Gasteiger partial charge in [0.1, 0.15) is 5.82 Å². The molecule has 1 fully saturated rings. The third-order valence-electron chi connectivity index (χ3n) is 5.00. The van der Waals surface area contributed by atoms with Crippen LogP contribution in [0.25, 0.3) is 0 Å². The summed E-state index contributed by atoms with van der Waals surface area (Å²) in [5, 5.41) is 5.52. The monoisotopic (exact) mass is 414 g/mol. The van der Waals surface area contributed by atoms with E-state index in [1.807, 2.05) is 0 Å². The van der Waals surface area contributed by atoms with E-state index in [0.29, 0.717) is 23.4 Å². The molecule has 0 saturated carbocycles. The Morgan fingerprint density at radius 1 is 1.10 bits per heavy atom. The van der Waals surface area contributed by atoms with E-state index in [1.54, 1.807) is 54.4 Å². The summed E-state index contributed by atoms with van der Waals surface area (Å²) >= 11 is 0. The highest BCUT2D eigenvalue weighted by molar-refractivity contribution is 5.95. The fourth-order valence-corrected chi connectivity index (χ4v) is 3.06. The molecule has 0 unspecified atom stereocenters. The van der Waals surface area contributed by atoms with Crippen LogP contribution in [0.3, 0.4) is 0 Å². The zero-order valence-corrected chi connectivity index (χ0v) is 17.1. The maximum absolute atomic E-state index is 13.6. The van der Waals surface area contributed by atoms with Crippen LogP contribution in [0.15, 0.2) is 48.5 Å². The lowest BCUT2D eigenvalue weighted by Crippen LogP contribution is -2.42. The molecule has 3 amide bonds. The highest BCUT2D eigenvalue weighted by Gasteiger charge is 2.14. The first-order chi connectivity index (χ1) is 14.5. The molecule has 0 atom stereocenters. The Hall–Kier alpha value is -2.97. The minimum atomic E-state index is -0.353. The third kappa shape index (κ3) is 6.27. The number of ether oxygens (including phenoxy) is 1. The zero-order valence-electron chi connectivity index (χ0n) is 17.1. The molecule has 0 bridgehead atoms. The predicted octanol–water partition coefficient (Wildman–Crippen LogP) is 2.55. The molecule has 0 spiro atoms. The van der Waals surface area contributed by atoms with Gasteiger partial charge in [-0.3, -0.25) is 9.69 Å². The third-order valence-corrected chi connectivity index (χ3v) is 5.00. The SMILES string of the molecule is CN(CCN1CCOCC1)C(=O)Nc1ccc(C(=O)NCc2ccccc2F)cc1. The first kappa shape index (κ1) is 21.7. The van der Waals surface area contributed by atoms with Crippen molar-refractivity contribution in [2.45, 2.75) is 6.54 Å². The number of hydrogen-bond acceptors (Lipinski definition) is 4. The summed E-state index contributed by atoms with van der Waals surface area (Å²) in [6, 6.07) is 12.7. The molecule has 2 aromatic carbocycles. The number of carbonyl (C=O) groups is 2. The number of hydrogen-bond donors (Lipinski definition) is 2. The molecule has 1 saturated heterocycles. The number of halogens is 1. The average Bonchev–Trinajstić information content (AvgIpc) is 2.78. The molecule has 3 rings (SSSR count). The second-order valence-electron chi connectivity index (χ2n) is 7.16. The number of benzene rings is 2.